The van der Waals surface area contributed by atoms with Crippen LogP contribution in [0, 0.1) is 6.92 Å². The monoisotopic (exact) mass is 476 g/mol. The summed E-state index contributed by atoms with van der Waals surface area (Å²) in [7, 11) is 0. The van der Waals surface area contributed by atoms with E-state index < -0.39 is 5.63 Å². The Morgan fingerprint density at radius 2 is 2.04 bits per heavy atom. The molecular formula is C19H11BrCl2N4O2. The van der Waals surface area contributed by atoms with E-state index in [0.29, 0.717) is 37.1 Å². The third-order valence-corrected chi connectivity index (χ3v) is 4.85. The first-order valence-electron chi connectivity index (χ1n) is 8.08. The summed E-state index contributed by atoms with van der Waals surface area (Å²) in [6, 6.07) is 8.54. The highest BCUT2D eigenvalue weighted by Gasteiger charge is 2.12. The first-order valence-corrected chi connectivity index (χ1v) is 9.63. The van der Waals surface area contributed by atoms with Gasteiger partial charge in [-0.15, -0.1) is 0 Å². The van der Waals surface area contributed by atoms with Crippen molar-refractivity contribution in [3.8, 4) is 5.82 Å². The lowest BCUT2D eigenvalue weighted by atomic mass is 10.1. The average Bonchev–Trinajstić information content (AvgIpc) is 3.02. The molecule has 0 N–H and O–H groups in total. The second-order valence-corrected chi connectivity index (χ2v) is 7.56. The zero-order valence-corrected chi connectivity index (χ0v) is 17.5. The van der Waals surface area contributed by atoms with Crippen LogP contribution in [0.5, 0.6) is 0 Å². The Labute approximate surface area is 177 Å². The molecule has 0 bridgehead atoms. The minimum atomic E-state index is -0.502. The molecule has 0 fully saturated rings. The second-order valence-electron chi connectivity index (χ2n) is 5.90. The lowest BCUT2D eigenvalue weighted by Crippen LogP contribution is -2.04. The van der Waals surface area contributed by atoms with E-state index in [1.165, 1.54) is 0 Å². The largest absolute Gasteiger partial charge is 0.404 e. The molecule has 0 aliphatic carbocycles. The van der Waals surface area contributed by atoms with Crippen molar-refractivity contribution in [2.45, 2.75) is 6.92 Å². The zero-order valence-electron chi connectivity index (χ0n) is 14.4. The number of aromatic nitrogens is 4. The van der Waals surface area contributed by atoms with E-state index in [1.54, 1.807) is 53.4 Å². The molecule has 0 atom stereocenters. The second kappa shape index (κ2) is 7.50. The van der Waals surface area contributed by atoms with Gasteiger partial charge in [0.1, 0.15) is 4.60 Å². The van der Waals surface area contributed by atoms with Crippen LogP contribution < -0.4 is 5.63 Å². The highest BCUT2D eigenvalue weighted by atomic mass is 79.9. The number of pyridine rings is 1. The fraction of sp³-hybridized carbons (Fsp3) is 0.0526. The fourth-order valence-corrected chi connectivity index (χ4v) is 3.60. The van der Waals surface area contributed by atoms with Gasteiger partial charge in [0.25, 0.3) is 0 Å². The molecule has 0 saturated carbocycles. The molecular weight excluding hydrogens is 467 g/mol. The molecule has 0 spiro atoms. The van der Waals surface area contributed by atoms with Crippen LogP contribution in [0.15, 0.2) is 50.3 Å². The first-order chi connectivity index (χ1) is 13.4. The van der Waals surface area contributed by atoms with Crippen molar-refractivity contribution < 1.29 is 4.42 Å². The van der Waals surface area contributed by atoms with Crippen LogP contribution in [0.25, 0.3) is 28.9 Å². The van der Waals surface area contributed by atoms with Crippen molar-refractivity contribution >= 4 is 62.2 Å². The van der Waals surface area contributed by atoms with Crippen LogP contribution in [0.1, 0.15) is 17.1 Å². The standard InChI is InChI=1S/C19H11BrCl2N4O2/c1-10-7-11(21)8-13-17(10)24-16(28-19(13)27)5-4-12-9-15(20)25-26(12)18-14(22)3-2-6-23-18/h2-9H,1H3/b5-4+. The number of rotatable bonds is 3. The number of benzene rings is 1. The Kier molecular flexibility index (Phi) is 5.05. The van der Waals surface area contributed by atoms with E-state index in [1.807, 2.05) is 6.92 Å². The van der Waals surface area contributed by atoms with Crippen molar-refractivity contribution in [3.63, 3.8) is 0 Å². The Morgan fingerprint density at radius 3 is 2.82 bits per heavy atom. The predicted molar refractivity (Wildman–Crippen MR) is 113 cm³/mol. The quantitative estimate of drug-likeness (QED) is 0.399. The van der Waals surface area contributed by atoms with Crippen LogP contribution in [-0.4, -0.2) is 19.7 Å². The van der Waals surface area contributed by atoms with Crippen LogP contribution in [0.3, 0.4) is 0 Å². The zero-order chi connectivity index (χ0) is 19.8. The van der Waals surface area contributed by atoms with Crippen molar-refractivity contribution in [2.24, 2.45) is 0 Å². The van der Waals surface area contributed by atoms with E-state index in [9.17, 15) is 4.79 Å². The Balaban J connectivity index is 1.79. The normalized spacial score (nSPS) is 11.6. The number of hydrogen-bond donors (Lipinski definition) is 0. The maximum Gasteiger partial charge on any atom is 0.347 e. The smallest absolute Gasteiger partial charge is 0.347 e. The minimum Gasteiger partial charge on any atom is -0.404 e. The summed E-state index contributed by atoms with van der Waals surface area (Å²) in [4.78, 5) is 21.0. The van der Waals surface area contributed by atoms with Crippen molar-refractivity contribution in [1.29, 1.82) is 0 Å². The fourth-order valence-electron chi connectivity index (χ4n) is 2.74. The summed E-state index contributed by atoms with van der Waals surface area (Å²) in [6.07, 6.45) is 4.93. The van der Waals surface area contributed by atoms with Crippen LogP contribution in [0.2, 0.25) is 10.0 Å². The van der Waals surface area contributed by atoms with Gasteiger partial charge in [-0.25, -0.2) is 19.4 Å². The molecule has 4 aromatic rings. The number of fused-ring (bicyclic) bond motifs is 1. The molecule has 140 valence electrons. The van der Waals surface area contributed by atoms with Gasteiger partial charge in [-0.2, -0.15) is 5.10 Å². The molecule has 9 heteroatoms. The van der Waals surface area contributed by atoms with Crippen molar-refractivity contribution in [1.82, 2.24) is 19.7 Å². The summed E-state index contributed by atoms with van der Waals surface area (Å²) in [5, 5.41) is 5.61. The van der Waals surface area contributed by atoms with E-state index in [2.05, 4.69) is 31.0 Å². The van der Waals surface area contributed by atoms with Crippen molar-refractivity contribution in [3.05, 3.63) is 78.7 Å². The summed E-state index contributed by atoms with van der Waals surface area (Å²) in [6.45, 7) is 1.84. The molecule has 6 nitrogen and oxygen atoms in total. The van der Waals surface area contributed by atoms with Crippen LogP contribution in [-0.2, 0) is 0 Å². The average molecular weight is 478 g/mol. The molecule has 3 aromatic heterocycles. The molecule has 0 amide bonds. The Hall–Kier alpha value is -2.48. The van der Waals surface area contributed by atoms with E-state index >= 15 is 0 Å². The Morgan fingerprint density at radius 1 is 1.21 bits per heavy atom. The lowest BCUT2D eigenvalue weighted by Gasteiger charge is -2.05. The molecule has 28 heavy (non-hydrogen) atoms. The number of aryl methyl sites for hydroxylation is 1. The summed E-state index contributed by atoms with van der Waals surface area (Å²) < 4.78 is 7.48. The highest BCUT2D eigenvalue weighted by Crippen LogP contribution is 2.23. The summed E-state index contributed by atoms with van der Waals surface area (Å²) in [5.41, 5.74) is 1.50. The minimum absolute atomic E-state index is 0.166. The molecule has 0 saturated heterocycles. The van der Waals surface area contributed by atoms with Gasteiger partial charge in [0, 0.05) is 17.3 Å². The van der Waals surface area contributed by atoms with E-state index in [4.69, 9.17) is 27.6 Å². The molecule has 0 aliphatic rings. The van der Waals surface area contributed by atoms with Crippen LogP contribution in [0.4, 0.5) is 0 Å². The van der Waals surface area contributed by atoms with E-state index in [0.717, 1.165) is 5.56 Å². The number of nitrogens with zero attached hydrogens (tertiary/aromatic N) is 4. The molecule has 4 rings (SSSR count). The summed E-state index contributed by atoms with van der Waals surface area (Å²) in [5.74, 6) is 0.645. The van der Waals surface area contributed by atoms with Crippen LogP contribution >= 0.6 is 39.1 Å². The van der Waals surface area contributed by atoms with E-state index in [-0.39, 0.29) is 5.89 Å². The van der Waals surface area contributed by atoms with Gasteiger partial charge in [-0.05, 0) is 64.8 Å². The topological polar surface area (TPSA) is 73.8 Å². The maximum atomic E-state index is 12.3. The highest BCUT2D eigenvalue weighted by molar-refractivity contribution is 9.10. The van der Waals surface area contributed by atoms with Gasteiger partial charge in [-0.1, -0.05) is 23.2 Å². The number of hydrogen-bond acceptors (Lipinski definition) is 5. The van der Waals surface area contributed by atoms with Crippen molar-refractivity contribution in [2.75, 3.05) is 0 Å². The molecule has 3 heterocycles. The Bertz CT molecular complexity index is 1300. The first kappa shape index (κ1) is 18.9. The maximum absolute atomic E-state index is 12.3. The third-order valence-electron chi connectivity index (χ3n) is 3.95. The van der Waals surface area contributed by atoms with Gasteiger partial charge in [-0.3, -0.25) is 0 Å². The van der Waals surface area contributed by atoms with Gasteiger partial charge in [0.2, 0.25) is 5.89 Å². The van der Waals surface area contributed by atoms with Gasteiger partial charge < -0.3 is 4.42 Å². The molecule has 1 aromatic carbocycles. The lowest BCUT2D eigenvalue weighted by molar-refractivity contribution is 0.490. The summed E-state index contributed by atoms with van der Waals surface area (Å²) >= 11 is 15.6. The number of halogens is 3. The van der Waals surface area contributed by atoms with Gasteiger partial charge in [0.05, 0.1) is 21.6 Å². The third kappa shape index (κ3) is 3.61. The predicted octanol–water partition coefficient (Wildman–Crippen LogP) is 5.32. The van der Waals surface area contributed by atoms with Gasteiger partial charge in [0.15, 0.2) is 5.82 Å². The van der Waals surface area contributed by atoms with Gasteiger partial charge >= 0.3 is 5.63 Å². The molecule has 0 radical (unpaired) electrons. The molecule has 0 unspecified atom stereocenters. The SMILES string of the molecule is Cc1cc(Cl)cc2c(=O)oc(/C=C/c3cc(Br)nn3-c3ncccc3Cl)nc12. The molecule has 0 aliphatic heterocycles.